The van der Waals surface area contributed by atoms with Crippen molar-refractivity contribution < 1.29 is 13.2 Å². The molecule has 2 aliphatic rings. The van der Waals surface area contributed by atoms with Crippen LogP contribution in [-0.4, -0.2) is 26.4 Å². The molecular weight excluding hydrogens is 392 g/mol. The summed E-state index contributed by atoms with van der Waals surface area (Å²) in [6, 6.07) is 7.25. The molecule has 0 saturated heterocycles. The summed E-state index contributed by atoms with van der Waals surface area (Å²) in [6.07, 6.45) is 4.56. The fourth-order valence-electron chi connectivity index (χ4n) is 3.68. The number of hydrogen-bond donors (Lipinski definition) is 1. The van der Waals surface area contributed by atoms with Gasteiger partial charge in [-0.25, -0.2) is 18.5 Å². The SMILES string of the molecule is CC(=O)[N]CC1=C(c2cccc(Br)c2)S(=O)(=O)NC12CCCCC2. The van der Waals surface area contributed by atoms with E-state index in [1.165, 1.54) is 6.92 Å². The first-order valence-electron chi connectivity index (χ1n) is 8.06. The number of rotatable bonds is 3. The van der Waals surface area contributed by atoms with Gasteiger partial charge < -0.3 is 0 Å². The third-order valence-electron chi connectivity index (χ3n) is 4.70. The Kier molecular flexibility index (Phi) is 4.86. The van der Waals surface area contributed by atoms with Crippen molar-refractivity contribution in [1.29, 1.82) is 0 Å². The topological polar surface area (TPSA) is 77.3 Å². The molecule has 1 spiro atoms. The van der Waals surface area contributed by atoms with E-state index in [1.807, 2.05) is 12.1 Å². The number of carbonyl (C=O) groups is 1. The molecule has 1 aromatic rings. The predicted molar refractivity (Wildman–Crippen MR) is 96.6 cm³/mol. The number of benzene rings is 1. The van der Waals surface area contributed by atoms with Crippen molar-refractivity contribution in [3.8, 4) is 0 Å². The average Bonchev–Trinajstić information content (AvgIpc) is 2.72. The van der Waals surface area contributed by atoms with Crippen molar-refractivity contribution >= 4 is 36.8 Å². The summed E-state index contributed by atoms with van der Waals surface area (Å²) in [7, 11) is -3.62. The third-order valence-corrected chi connectivity index (χ3v) is 6.88. The second-order valence-electron chi connectivity index (χ2n) is 6.40. The van der Waals surface area contributed by atoms with Gasteiger partial charge in [-0.1, -0.05) is 47.3 Å². The monoisotopic (exact) mass is 411 g/mol. The highest BCUT2D eigenvalue weighted by Gasteiger charge is 2.49. The molecule has 129 valence electrons. The maximum absolute atomic E-state index is 12.9. The Hall–Kier alpha value is -1.18. The van der Waals surface area contributed by atoms with Crippen LogP contribution in [0.3, 0.4) is 0 Å². The van der Waals surface area contributed by atoms with Crippen LogP contribution in [0.25, 0.3) is 4.91 Å². The van der Waals surface area contributed by atoms with Gasteiger partial charge in [-0.3, -0.25) is 4.79 Å². The molecule has 1 aliphatic heterocycles. The molecule has 7 heteroatoms. The van der Waals surface area contributed by atoms with Crippen LogP contribution in [0.4, 0.5) is 0 Å². The van der Waals surface area contributed by atoms with Crippen molar-refractivity contribution in [1.82, 2.24) is 10.0 Å². The molecule has 1 heterocycles. The molecule has 0 unspecified atom stereocenters. The van der Waals surface area contributed by atoms with Crippen LogP contribution in [0.5, 0.6) is 0 Å². The fourth-order valence-corrected chi connectivity index (χ4v) is 6.05. The van der Waals surface area contributed by atoms with E-state index in [9.17, 15) is 13.2 Å². The van der Waals surface area contributed by atoms with E-state index in [2.05, 4.69) is 26.0 Å². The molecule has 24 heavy (non-hydrogen) atoms. The van der Waals surface area contributed by atoms with E-state index >= 15 is 0 Å². The van der Waals surface area contributed by atoms with E-state index in [0.29, 0.717) is 5.56 Å². The van der Waals surface area contributed by atoms with Crippen LogP contribution < -0.4 is 10.0 Å². The molecular formula is C17H20BrN2O3S. The molecule has 3 rings (SSSR count). The zero-order chi connectivity index (χ0) is 17.4. The quantitative estimate of drug-likeness (QED) is 0.830. The van der Waals surface area contributed by atoms with Crippen molar-refractivity contribution in [3.05, 3.63) is 39.9 Å². The summed E-state index contributed by atoms with van der Waals surface area (Å²) in [6.45, 7) is 1.52. The number of nitrogens with zero attached hydrogens (tertiary/aromatic N) is 1. The number of amides is 1. The smallest absolute Gasteiger partial charge is 0.242 e. The maximum atomic E-state index is 12.9. The van der Waals surface area contributed by atoms with Crippen LogP contribution in [0.15, 0.2) is 34.3 Å². The molecule has 1 N–H and O–H groups in total. The Labute approximate surface area is 151 Å². The Balaban J connectivity index is 2.16. The summed E-state index contributed by atoms with van der Waals surface area (Å²) in [4.78, 5) is 11.7. The minimum atomic E-state index is -3.62. The molecule has 1 aromatic carbocycles. The highest BCUT2D eigenvalue weighted by molar-refractivity contribution is 9.10. The number of hydrogen-bond acceptors (Lipinski definition) is 3. The number of carbonyl (C=O) groups excluding carboxylic acids is 1. The van der Waals surface area contributed by atoms with Gasteiger partial charge in [0.15, 0.2) is 0 Å². The number of sulfonamides is 1. The lowest BCUT2D eigenvalue weighted by atomic mass is 9.76. The highest BCUT2D eigenvalue weighted by Crippen LogP contribution is 2.45. The zero-order valence-corrected chi connectivity index (χ0v) is 15.9. The molecule has 0 aromatic heterocycles. The minimum Gasteiger partial charge on any atom is -0.273 e. The number of nitrogens with one attached hydrogen (secondary N) is 1. The first kappa shape index (κ1) is 17.6. The Morgan fingerprint density at radius 2 is 2.00 bits per heavy atom. The largest absolute Gasteiger partial charge is 0.273 e. The summed E-state index contributed by atoms with van der Waals surface area (Å²) in [5.41, 5.74) is 0.775. The van der Waals surface area contributed by atoms with Crippen molar-refractivity contribution in [2.75, 3.05) is 6.54 Å². The van der Waals surface area contributed by atoms with E-state index in [4.69, 9.17) is 0 Å². The van der Waals surface area contributed by atoms with Gasteiger partial charge in [-0.15, -0.1) is 0 Å². The molecule has 5 nitrogen and oxygen atoms in total. The lowest BCUT2D eigenvalue weighted by Crippen LogP contribution is -2.47. The molecule has 0 atom stereocenters. The van der Waals surface area contributed by atoms with Gasteiger partial charge >= 0.3 is 0 Å². The van der Waals surface area contributed by atoms with Crippen LogP contribution in [0.1, 0.15) is 44.6 Å². The summed E-state index contributed by atoms with van der Waals surface area (Å²) in [5.74, 6) is -0.286. The van der Waals surface area contributed by atoms with Crippen molar-refractivity contribution in [2.45, 2.75) is 44.6 Å². The van der Waals surface area contributed by atoms with E-state index < -0.39 is 15.6 Å². The van der Waals surface area contributed by atoms with Gasteiger partial charge in [0.1, 0.15) is 0 Å². The third kappa shape index (κ3) is 3.30. The second-order valence-corrected chi connectivity index (χ2v) is 8.94. The summed E-state index contributed by atoms with van der Waals surface area (Å²) in [5, 5.41) is 4.01. The number of halogens is 1. The van der Waals surface area contributed by atoms with Gasteiger partial charge in [-0.05, 0) is 36.1 Å². The molecule has 1 saturated carbocycles. The van der Waals surface area contributed by atoms with Crippen molar-refractivity contribution in [2.24, 2.45) is 0 Å². The molecule has 1 radical (unpaired) electrons. The van der Waals surface area contributed by atoms with E-state index in [1.54, 1.807) is 12.1 Å². The Morgan fingerprint density at radius 1 is 1.29 bits per heavy atom. The van der Waals surface area contributed by atoms with Crippen LogP contribution in [-0.2, 0) is 14.8 Å². The predicted octanol–water partition coefficient (Wildman–Crippen LogP) is 2.95. The van der Waals surface area contributed by atoms with E-state index in [-0.39, 0.29) is 17.4 Å². The standard InChI is InChI=1S/C17H20BrN2O3S/c1-12(21)19-11-15-16(13-6-5-7-14(18)10-13)24(22,23)20-17(15)8-3-2-4-9-17/h5-7,10,20H,2-4,8-9,11H2,1H3. The zero-order valence-electron chi connectivity index (χ0n) is 13.5. The summed E-state index contributed by atoms with van der Waals surface area (Å²) >= 11 is 3.40. The summed E-state index contributed by atoms with van der Waals surface area (Å²) < 4.78 is 29.5. The first-order chi connectivity index (χ1) is 11.3. The molecule has 1 fully saturated rings. The fraction of sp³-hybridized carbons (Fsp3) is 0.471. The van der Waals surface area contributed by atoms with Gasteiger partial charge in [-0.2, -0.15) is 0 Å². The maximum Gasteiger partial charge on any atom is 0.242 e. The van der Waals surface area contributed by atoms with Crippen LogP contribution in [0, 0.1) is 0 Å². The van der Waals surface area contributed by atoms with Gasteiger partial charge in [0.05, 0.1) is 17.0 Å². The van der Waals surface area contributed by atoms with Crippen LogP contribution >= 0.6 is 15.9 Å². The van der Waals surface area contributed by atoms with Gasteiger partial charge in [0.25, 0.3) is 0 Å². The Morgan fingerprint density at radius 3 is 2.62 bits per heavy atom. The van der Waals surface area contributed by atoms with E-state index in [0.717, 1.165) is 42.1 Å². The van der Waals surface area contributed by atoms with Gasteiger partial charge in [0, 0.05) is 11.4 Å². The van der Waals surface area contributed by atoms with Crippen LogP contribution in [0.2, 0.25) is 0 Å². The van der Waals surface area contributed by atoms with Gasteiger partial charge in [0.2, 0.25) is 15.9 Å². The molecule has 1 aliphatic carbocycles. The Bertz CT molecular complexity index is 796. The first-order valence-corrected chi connectivity index (χ1v) is 10.3. The van der Waals surface area contributed by atoms with Crippen molar-refractivity contribution in [3.63, 3.8) is 0 Å². The second kappa shape index (κ2) is 6.61. The lowest BCUT2D eigenvalue weighted by molar-refractivity contribution is -0.119. The highest BCUT2D eigenvalue weighted by atomic mass is 79.9. The normalized spacial score (nSPS) is 21.9. The lowest BCUT2D eigenvalue weighted by Gasteiger charge is -2.35. The molecule has 1 amide bonds. The minimum absolute atomic E-state index is 0.128. The average molecular weight is 412 g/mol. The molecule has 0 bridgehead atoms.